The predicted molar refractivity (Wildman–Crippen MR) is 136 cm³/mol. The van der Waals surface area contributed by atoms with Crippen molar-refractivity contribution >= 4 is 28.7 Å². The van der Waals surface area contributed by atoms with Crippen LogP contribution in [0.1, 0.15) is 29.8 Å². The van der Waals surface area contributed by atoms with E-state index >= 15 is 0 Å². The fraction of sp³-hybridized carbons (Fsp3) is 0.296. The van der Waals surface area contributed by atoms with Crippen molar-refractivity contribution in [2.45, 2.75) is 26.4 Å². The average molecular weight is 494 g/mol. The topological polar surface area (TPSA) is 139 Å². The van der Waals surface area contributed by atoms with Crippen molar-refractivity contribution in [2.75, 3.05) is 19.6 Å². The summed E-state index contributed by atoms with van der Waals surface area (Å²) in [6, 6.07) is 18.4. The molecule has 190 valence electrons. The van der Waals surface area contributed by atoms with E-state index in [1.165, 1.54) is 4.90 Å². The highest BCUT2D eigenvalue weighted by molar-refractivity contribution is 6.09. The minimum atomic E-state index is -1.64. The highest BCUT2D eigenvalue weighted by atomic mass is 16.5. The van der Waals surface area contributed by atoms with E-state index in [-0.39, 0.29) is 12.5 Å². The molecule has 0 radical (unpaired) electrons. The molecule has 3 aromatic carbocycles. The van der Waals surface area contributed by atoms with Gasteiger partial charge in [-0.3, -0.25) is 10.0 Å². The second-order valence-electron chi connectivity index (χ2n) is 8.98. The smallest absolute Gasteiger partial charge is 0.334 e. The molecule has 9 nitrogen and oxygen atoms in total. The van der Waals surface area contributed by atoms with Gasteiger partial charge >= 0.3 is 12.0 Å². The maximum absolute atomic E-state index is 12.6. The van der Waals surface area contributed by atoms with Crippen LogP contribution in [0.15, 0.2) is 60.7 Å². The van der Waals surface area contributed by atoms with E-state index in [4.69, 9.17) is 5.11 Å². The Hall–Kier alpha value is -3.95. The highest BCUT2D eigenvalue weighted by Crippen LogP contribution is 2.32. The molecule has 0 aromatic heterocycles. The van der Waals surface area contributed by atoms with Crippen molar-refractivity contribution in [1.29, 1.82) is 0 Å². The Morgan fingerprint density at radius 3 is 2.28 bits per heavy atom. The number of nitrogens with zero attached hydrogens (tertiary/aromatic N) is 1. The molecule has 0 aliphatic heterocycles. The second-order valence-corrected chi connectivity index (χ2v) is 8.98. The molecule has 3 rings (SSSR count). The summed E-state index contributed by atoms with van der Waals surface area (Å²) in [5.74, 6) is -1.86. The van der Waals surface area contributed by atoms with Gasteiger partial charge in [-0.05, 0) is 40.3 Å². The normalized spacial score (nSPS) is 11.8. The SMILES string of the molecule is CC(C)CN(C[C@H](O)C(=O)O)C(=O)NCCc1ccc(-c2c(C(=O)NO)ccc3ccccc23)cc1. The van der Waals surface area contributed by atoms with E-state index in [0.29, 0.717) is 30.6 Å². The van der Waals surface area contributed by atoms with Gasteiger partial charge in [0.25, 0.3) is 5.91 Å². The first-order valence-corrected chi connectivity index (χ1v) is 11.7. The number of amides is 3. The molecule has 0 aliphatic carbocycles. The Morgan fingerprint density at radius 2 is 1.64 bits per heavy atom. The van der Waals surface area contributed by atoms with Crippen molar-refractivity contribution in [2.24, 2.45) is 5.92 Å². The van der Waals surface area contributed by atoms with Crippen LogP contribution in [0.4, 0.5) is 4.79 Å². The van der Waals surface area contributed by atoms with Crippen LogP contribution in [0.5, 0.6) is 0 Å². The van der Waals surface area contributed by atoms with E-state index in [9.17, 15) is 24.7 Å². The first-order valence-electron chi connectivity index (χ1n) is 11.7. The molecule has 0 heterocycles. The average Bonchev–Trinajstić information content (AvgIpc) is 2.87. The van der Waals surface area contributed by atoms with Crippen LogP contribution in [0.25, 0.3) is 21.9 Å². The minimum absolute atomic E-state index is 0.108. The summed E-state index contributed by atoms with van der Waals surface area (Å²) in [5, 5.41) is 32.4. The molecule has 1 atom stereocenters. The Balaban J connectivity index is 1.72. The third kappa shape index (κ3) is 6.59. The highest BCUT2D eigenvalue weighted by Gasteiger charge is 2.22. The van der Waals surface area contributed by atoms with Gasteiger partial charge in [-0.25, -0.2) is 15.1 Å². The maximum Gasteiger partial charge on any atom is 0.334 e. The molecule has 9 heteroatoms. The molecule has 0 fully saturated rings. The number of nitrogens with one attached hydrogen (secondary N) is 2. The van der Waals surface area contributed by atoms with Gasteiger partial charge in [-0.2, -0.15) is 0 Å². The molecule has 3 amide bonds. The zero-order valence-electron chi connectivity index (χ0n) is 20.3. The third-order valence-electron chi connectivity index (χ3n) is 5.76. The number of carboxylic acids is 1. The zero-order valence-corrected chi connectivity index (χ0v) is 20.3. The molecule has 0 spiro atoms. The van der Waals surface area contributed by atoms with E-state index in [1.54, 1.807) is 11.5 Å². The fourth-order valence-electron chi connectivity index (χ4n) is 4.06. The molecule has 0 aliphatic rings. The Bertz CT molecular complexity index is 1230. The van der Waals surface area contributed by atoms with Gasteiger partial charge in [0.2, 0.25) is 0 Å². The second kappa shape index (κ2) is 12.1. The quantitative estimate of drug-likeness (QED) is 0.217. The number of urea groups is 1. The molecular weight excluding hydrogens is 462 g/mol. The molecule has 0 saturated heterocycles. The van der Waals surface area contributed by atoms with Crippen LogP contribution >= 0.6 is 0 Å². The molecule has 0 saturated carbocycles. The van der Waals surface area contributed by atoms with E-state index in [1.807, 2.05) is 68.4 Å². The number of benzene rings is 3. The first kappa shape index (κ1) is 26.7. The number of hydrogen-bond acceptors (Lipinski definition) is 5. The monoisotopic (exact) mass is 493 g/mol. The number of aliphatic hydroxyl groups excluding tert-OH is 1. The summed E-state index contributed by atoms with van der Waals surface area (Å²) in [4.78, 5) is 37.2. The summed E-state index contributed by atoms with van der Waals surface area (Å²) >= 11 is 0. The zero-order chi connectivity index (χ0) is 26.2. The predicted octanol–water partition coefficient (Wildman–Crippen LogP) is 3.28. The van der Waals surface area contributed by atoms with Crippen molar-refractivity contribution in [3.05, 3.63) is 71.8 Å². The summed E-state index contributed by atoms with van der Waals surface area (Å²) in [6.45, 7) is 4.16. The molecule has 36 heavy (non-hydrogen) atoms. The van der Waals surface area contributed by atoms with Crippen LogP contribution in [0.3, 0.4) is 0 Å². The van der Waals surface area contributed by atoms with Crippen molar-refractivity contribution in [1.82, 2.24) is 15.7 Å². The summed E-state index contributed by atoms with van der Waals surface area (Å²) in [7, 11) is 0. The lowest BCUT2D eigenvalue weighted by Gasteiger charge is -2.26. The molecule has 0 unspecified atom stereocenters. The van der Waals surface area contributed by atoms with Crippen molar-refractivity contribution < 1.29 is 29.8 Å². The lowest BCUT2D eigenvalue weighted by atomic mass is 9.92. The van der Waals surface area contributed by atoms with Crippen LogP contribution in [-0.2, 0) is 11.2 Å². The van der Waals surface area contributed by atoms with Gasteiger partial charge in [-0.1, -0.05) is 68.4 Å². The Kier molecular flexibility index (Phi) is 8.99. The largest absolute Gasteiger partial charge is 0.479 e. The Labute approximate surface area is 209 Å². The number of carboxylic acid groups (broad SMARTS) is 1. The number of hydroxylamine groups is 1. The molecule has 3 aromatic rings. The third-order valence-corrected chi connectivity index (χ3v) is 5.76. The van der Waals surface area contributed by atoms with Crippen LogP contribution < -0.4 is 10.8 Å². The number of rotatable bonds is 10. The van der Waals surface area contributed by atoms with Crippen LogP contribution in [0.2, 0.25) is 0 Å². The van der Waals surface area contributed by atoms with Crippen molar-refractivity contribution in [3.63, 3.8) is 0 Å². The van der Waals surface area contributed by atoms with Crippen molar-refractivity contribution in [3.8, 4) is 11.1 Å². The minimum Gasteiger partial charge on any atom is -0.479 e. The number of carbonyl (C=O) groups excluding carboxylic acids is 2. The van der Waals surface area contributed by atoms with Crippen LogP contribution in [-0.4, -0.2) is 64.0 Å². The number of aliphatic hydroxyl groups is 1. The summed E-state index contributed by atoms with van der Waals surface area (Å²) in [6.07, 6.45) is -1.11. The maximum atomic E-state index is 12.6. The molecular formula is C27H31N3O6. The number of fused-ring (bicyclic) bond motifs is 1. The lowest BCUT2D eigenvalue weighted by molar-refractivity contribution is -0.147. The lowest BCUT2D eigenvalue weighted by Crippen LogP contribution is -2.47. The van der Waals surface area contributed by atoms with Gasteiger partial charge in [0.15, 0.2) is 6.10 Å². The summed E-state index contributed by atoms with van der Waals surface area (Å²) < 4.78 is 0. The van der Waals surface area contributed by atoms with E-state index in [2.05, 4.69) is 5.32 Å². The standard InChI is InChI=1S/C27H31N3O6/c1-17(2)15-30(16-23(31)26(33)34)27(35)28-14-13-18-7-9-20(10-8-18)24-21-6-4-3-5-19(21)11-12-22(24)25(32)29-36/h3-12,17,23,31,36H,13-16H2,1-2H3,(H,28,35)(H,29,32)(H,33,34)/t23-/m0/s1. The Morgan fingerprint density at radius 1 is 0.944 bits per heavy atom. The summed E-state index contributed by atoms with van der Waals surface area (Å²) in [5.41, 5.74) is 4.54. The van der Waals surface area contributed by atoms with E-state index in [0.717, 1.165) is 21.9 Å². The van der Waals surface area contributed by atoms with Gasteiger partial charge in [0, 0.05) is 24.2 Å². The number of hydrogen-bond donors (Lipinski definition) is 5. The van der Waals surface area contributed by atoms with Gasteiger partial charge in [-0.15, -0.1) is 0 Å². The van der Waals surface area contributed by atoms with Gasteiger partial charge in [0.1, 0.15) is 0 Å². The molecule has 0 bridgehead atoms. The first-order chi connectivity index (χ1) is 17.2. The number of aliphatic carboxylic acids is 1. The van der Waals surface area contributed by atoms with E-state index < -0.39 is 24.0 Å². The fourth-order valence-corrected chi connectivity index (χ4v) is 4.06. The van der Waals surface area contributed by atoms with Gasteiger partial charge < -0.3 is 20.4 Å². The number of carbonyl (C=O) groups is 3. The van der Waals surface area contributed by atoms with Crippen LogP contribution in [0, 0.1) is 5.92 Å². The van der Waals surface area contributed by atoms with Gasteiger partial charge in [0.05, 0.1) is 6.54 Å². The molecule has 5 N–H and O–H groups in total.